The fourth-order valence-corrected chi connectivity index (χ4v) is 2.49. The van der Waals surface area contributed by atoms with Crippen LogP contribution in [0.15, 0.2) is 42.7 Å². The highest BCUT2D eigenvalue weighted by atomic mass is 35.5. The van der Waals surface area contributed by atoms with E-state index in [1.54, 1.807) is 12.4 Å². The van der Waals surface area contributed by atoms with Crippen LogP contribution in [0.2, 0.25) is 5.02 Å². The second kappa shape index (κ2) is 5.61. The largest absolute Gasteiger partial charge is 0.314 e. The van der Waals surface area contributed by atoms with Crippen LogP contribution in [0.25, 0.3) is 10.9 Å². The van der Waals surface area contributed by atoms with Gasteiger partial charge in [-0.3, -0.25) is 9.67 Å². The first-order valence-corrected chi connectivity index (χ1v) is 6.85. The standard InChI is InChI=1S/C15H15ClN4/c1-17-9-14-12-4-2-3-5-15(12)20(19-14)10-11-6-7-18-8-13(11)16/h2-8,17H,9-10H2,1H3. The van der Waals surface area contributed by atoms with Gasteiger partial charge in [0, 0.05) is 24.3 Å². The number of hydrogen-bond donors (Lipinski definition) is 1. The maximum Gasteiger partial charge on any atom is 0.0841 e. The molecule has 0 spiro atoms. The van der Waals surface area contributed by atoms with Crippen molar-refractivity contribution in [2.24, 2.45) is 0 Å². The highest BCUT2D eigenvalue weighted by Gasteiger charge is 2.10. The third-order valence-electron chi connectivity index (χ3n) is 3.26. The summed E-state index contributed by atoms with van der Waals surface area (Å²) in [5.41, 5.74) is 3.19. The number of fused-ring (bicyclic) bond motifs is 1. The van der Waals surface area contributed by atoms with Gasteiger partial charge in [0.2, 0.25) is 0 Å². The van der Waals surface area contributed by atoms with Crippen LogP contribution in [0.4, 0.5) is 0 Å². The second-order valence-electron chi connectivity index (χ2n) is 4.62. The molecule has 3 rings (SSSR count). The first-order valence-electron chi connectivity index (χ1n) is 6.47. The summed E-state index contributed by atoms with van der Waals surface area (Å²) in [5, 5.41) is 9.69. The van der Waals surface area contributed by atoms with Gasteiger partial charge >= 0.3 is 0 Å². The van der Waals surface area contributed by atoms with E-state index in [0.29, 0.717) is 11.6 Å². The van der Waals surface area contributed by atoms with Crippen LogP contribution in [-0.4, -0.2) is 21.8 Å². The molecule has 0 radical (unpaired) electrons. The van der Waals surface area contributed by atoms with Gasteiger partial charge in [-0.2, -0.15) is 5.10 Å². The summed E-state index contributed by atoms with van der Waals surface area (Å²) in [4.78, 5) is 4.01. The molecule has 5 heteroatoms. The van der Waals surface area contributed by atoms with Gasteiger partial charge in [-0.25, -0.2) is 0 Å². The molecule has 2 aromatic heterocycles. The zero-order valence-electron chi connectivity index (χ0n) is 11.2. The molecule has 0 aliphatic carbocycles. The van der Waals surface area contributed by atoms with Crippen molar-refractivity contribution in [3.8, 4) is 0 Å². The molecule has 1 N–H and O–H groups in total. The molecule has 4 nitrogen and oxygen atoms in total. The smallest absolute Gasteiger partial charge is 0.0841 e. The molecule has 0 bridgehead atoms. The number of rotatable bonds is 4. The van der Waals surface area contributed by atoms with E-state index in [2.05, 4.69) is 22.4 Å². The van der Waals surface area contributed by atoms with Crippen molar-refractivity contribution >= 4 is 22.5 Å². The zero-order chi connectivity index (χ0) is 13.9. The van der Waals surface area contributed by atoms with E-state index in [1.165, 1.54) is 5.39 Å². The summed E-state index contributed by atoms with van der Waals surface area (Å²) in [6.07, 6.45) is 3.42. The Bertz CT molecular complexity index is 736. The second-order valence-corrected chi connectivity index (χ2v) is 5.03. The lowest BCUT2D eigenvalue weighted by molar-refractivity contribution is 0.676. The summed E-state index contributed by atoms with van der Waals surface area (Å²) in [5.74, 6) is 0. The fourth-order valence-electron chi connectivity index (χ4n) is 2.31. The van der Waals surface area contributed by atoms with Gasteiger partial charge in [0.05, 0.1) is 22.8 Å². The van der Waals surface area contributed by atoms with Crippen molar-refractivity contribution in [2.75, 3.05) is 7.05 Å². The van der Waals surface area contributed by atoms with Gasteiger partial charge in [0.1, 0.15) is 0 Å². The number of pyridine rings is 1. The minimum atomic E-state index is 0.644. The Hall–Kier alpha value is -1.91. The molecule has 0 amide bonds. The highest BCUT2D eigenvalue weighted by molar-refractivity contribution is 6.31. The molecule has 0 saturated heterocycles. The Labute approximate surface area is 122 Å². The molecule has 0 unspecified atom stereocenters. The molecule has 102 valence electrons. The van der Waals surface area contributed by atoms with E-state index < -0.39 is 0 Å². The van der Waals surface area contributed by atoms with Crippen LogP contribution in [0.3, 0.4) is 0 Å². The molecular formula is C15H15ClN4. The summed E-state index contributed by atoms with van der Waals surface area (Å²) < 4.78 is 1.99. The molecule has 3 aromatic rings. The summed E-state index contributed by atoms with van der Waals surface area (Å²) in [6.45, 7) is 1.39. The lowest BCUT2D eigenvalue weighted by atomic mass is 10.2. The number of hydrogen-bond acceptors (Lipinski definition) is 3. The molecular weight excluding hydrogens is 272 g/mol. The van der Waals surface area contributed by atoms with Crippen molar-refractivity contribution in [1.29, 1.82) is 0 Å². The van der Waals surface area contributed by atoms with Crippen LogP contribution in [-0.2, 0) is 13.1 Å². The Balaban J connectivity index is 2.05. The molecule has 0 fully saturated rings. The van der Waals surface area contributed by atoms with Gasteiger partial charge in [-0.05, 0) is 24.7 Å². The molecule has 0 atom stereocenters. The normalized spacial score (nSPS) is 11.1. The SMILES string of the molecule is CNCc1nn(Cc2ccncc2Cl)c2ccccc12. The molecule has 0 aliphatic rings. The summed E-state index contributed by atoms with van der Waals surface area (Å²) in [6, 6.07) is 10.2. The van der Waals surface area contributed by atoms with Gasteiger partial charge in [0.15, 0.2) is 0 Å². The molecule has 1 aromatic carbocycles. The number of aromatic nitrogens is 3. The summed E-state index contributed by atoms with van der Waals surface area (Å²) in [7, 11) is 1.92. The Morgan fingerprint density at radius 2 is 2.10 bits per heavy atom. The first kappa shape index (κ1) is 13.1. The fraction of sp³-hybridized carbons (Fsp3) is 0.200. The van der Waals surface area contributed by atoms with E-state index >= 15 is 0 Å². The van der Waals surface area contributed by atoms with E-state index in [9.17, 15) is 0 Å². The van der Waals surface area contributed by atoms with Gasteiger partial charge in [0.25, 0.3) is 0 Å². The van der Waals surface area contributed by atoms with Gasteiger partial charge in [-0.15, -0.1) is 0 Å². The number of nitrogens with one attached hydrogen (secondary N) is 1. The average Bonchev–Trinajstić information content (AvgIpc) is 2.81. The predicted octanol–water partition coefficient (Wildman–Crippen LogP) is 2.85. The Morgan fingerprint density at radius 1 is 1.25 bits per heavy atom. The monoisotopic (exact) mass is 286 g/mol. The Morgan fingerprint density at radius 3 is 2.90 bits per heavy atom. The quantitative estimate of drug-likeness (QED) is 0.802. The van der Waals surface area contributed by atoms with Crippen LogP contribution in [0.1, 0.15) is 11.3 Å². The minimum Gasteiger partial charge on any atom is -0.314 e. The maximum absolute atomic E-state index is 6.18. The number of para-hydroxylation sites is 1. The van der Waals surface area contributed by atoms with Crippen LogP contribution in [0, 0.1) is 0 Å². The lowest BCUT2D eigenvalue weighted by Crippen LogP contribution is -2.08. The number of halogens is 1. The van der Waals surface area contributed by atoms with Crippen molar-refractivity contribution in [3.05, 3.63) is 59.0 Å². The first-order chi connectivity index (χ1) is 9.79. The van der Waals surface area contributed by atoms with E-state index in [1.807, 2.05) is 29.9 Å². The average molecular weight is 287 g/mol. The van der Waals surface area contributed by atoms with Crippen molar-refractivity contribution < 1.29 is 0 Å². The van der Waals surface area contributed by atoms with E-state index in [4.69, 9.17) is 16.7 Å². The van der Waals surface area contributed by atoms with Gasteiger partial charge < -0.3 is 5.32 Å². The number of nitrogens with zero attached hydrogens (tertiary/aromatic N) is 3. The van der Waals surface area contributed by atoms with Crippen molar-refractivity contribution in [2.45, 2.75) is 13.1 Å². The third-order valence-corrected chi connectivity index (χ3v) is 3.60. The molecule has 2 heterocycles. The highest BCUT2D eigenvalue weighted by Crippen LogP contribution is 2.21. The third kappa shape index (κ3) is 2.40. The maximum atomic E-state index is 6.18. The lowest BCUT2D eigenvalue weighted by Gasteiger charge is -2.05. The Kier molecular flexibility index (Phi) is 3.67. The van der Waals surface area contributed by atoms with Gasteiger partial charge in [-0.1, -0.05) is 29.8 Å². The van der Waals surface area contributed by atoms with Crippen LogP contribution in [0.5, 0.6) is 0 Å². The molecule has 20 heavy (non-hydrogen) atoms. The van der Waals surface area contributed by atoms with Crippen LogP contribution < -0.4 is 5.32 Å². The number of benzene rings is 1. The topological polar surface area (TPSA) is 42.7 Å². The van der Waals surface area contributed by atoms with Crippen molar-refractivity contribution in [3.63, 3.8) is 0 Å². The zero-order valence-corrected chi connectivity index (χ0v) is 11.9. The van der Waals surface area contributed by atoms with Crippen LogP contribution >= 0.6 is 11.6 Å². The molecule has 0 aliphatic heterocycles. The van der Waals surface area contributed by atoms with E-state index in [-0.39, 0.29) is 0 Å². The summed E-state index contributed by atoms with van der Waals surface area (Å²) >= 11 is 6.18. The molecule has 0 saturated carbocycles. The van der Waals surface area contributed by atoms with E-state index in [0.717, 1.165) is 23.3 Å². The predicted molar refractivity (Wildman–Crippen MR) is 80.8 cm³/mol. The van der Waals surface area contributed by atoms with Crippen molar-refractivity contribution in [1.82, 2.24) is 20.1 Å². The minimum absolute atomic E-state index is 0.644.